The van der Waals surface area contributed by atoms with Gasteiger partial charge in [-0.3, -0.25) is 4.79 Å². The lowest BCUT2D eigenvalue weighted by atomic mass is 10.0. The highest BCUT2D eigenvalue weighted by Crippen LogP contribution is 2.39. The van der Waals surface area contributed by atoms with E-state index in [1.807, 2.05) is 18.2 Å². The van der Waals surface area contributed by atoms with E-state index in [2.05, 4.69) is 15.1 Å². The molecule has 0 radical (unpaired) electrons. The van der Waals surface area contributed by atoms with Crippen LogP contribution in [0.5, 0.6) is 0 Å². The average Bonchev–Trinajstić information content (AvgIpc) is 3.18. The Morgan fingerprint density at radius 1 is 1.20 bits per heavy atom. The van der Waals surface area contributed by atoms with E-state index >= 15 is 0 Å². The first-order valence-electron chi connectivity index (χ1n) is 9.94. The summed E-state index contributed by atoms with van der Waals surface area (Å²) in [6.07, 6.45) is 6.04. The van der Waals surface area contributed by atoms with Crippen LogP contribution in [0, 0.1) is 5.82 Å². The Kier molecular flexibility index (Phi) is 3.50. The minimum Gasteiger partial charge on any atom is -0.383 e. The summed E-state index contributed by atoms with van der Waals surface area (Å²) in [5.74, 6) is 1.34. The maximum absolute atomic E-state index is 13.5. The molecule has 1 saturated carbocycles. The lowest BCUT2D eigenvalue weighted by Gasteiger charge is -2.05. The first-order valence-corrected chi connectivity index (χ1v) is 9.94. The number of aromatic nitrogens is 4. The Morgan fingerprint density at radius 2 is 2.07 bits per heavy atom. The van der Waals surface area contributed by atoms with Crippen molar-refractivity contribution in [3.63, 3.8) is 0 Å². The highest BCUT2D eigenvalue weighted by atomic mass is 19.1. The van der Waals surface area contributed by atoms with Crippen LogP contribution in [0.15, 0.2) is 48.2 Å². The van der Waals surface area contributed by atoms with Crippen LogP contribution in [0.1, 0.15) is 46.1 Å². The summed E-state index contributed by atoms with van der Waals surface area (Å²) in [5, 5.41) is 4.35. The molecule has 0 atom stereocenters. The lowest BCUT2D eigenvalue weighted by molar-refractivity contribution is 0.103. The van der Waals surface area contributed by atoms with E-state index in [0.29, 0.717) is 23.5 Å². The Morgan fingerprint density at radius 3 is 2.90 bits per heavy atom. The number of ketones is 1. The number of allylic oxidation sites excluding steroid dienone is 1. The normalized spacial score (nSPS) is 15.4. The number of carbonyl (C=O) groups excluding carboxylic acids is 1. The van der Waals surface area contributed by atoms with Crippen LogP contribution in [0.3, 0.4) is 0 Å². The van der Waals surface area contributed by atoms with E-state index in [-0.39, 0.29) is 17.4 Å². The van der Waals surface area contributed by atoms with Crippen molar-refractivity contribution < 1.29 is 9.18 Å². The first kappa shape index (κ1) is 17.1. The number of hydrogen-bond donors (Lipinski definition) is 2. The summed E-state index contributed by atoms with van der Waals surface area (Å²) in [6.45, 7) is 0. The molecule has 2 aromatic carbocycles. The van der Waals surface area contributed by atoms with E-state index in [1.54, 1.807) is 16.8 Å². The fraction of sp³-hybridized carbons (Fsp3) is 0.174. The summed E-state index contributed by atoms with van der Waals surface area (Å²) in [4.78, 5) is 21.1. The topological polar surface area (TPSA) is 89.6 Å². The standard InChI is InChI=1S/C23H18FN5O/c24-16-4-3-13-7-15(8-14(13)9-16)21(30)18-11-26-29(22(18)25)17-5-6-19-20(10-17)28-23(27-19)12-1-2-12/h3-6,8-12H,1-2,7,25H2,(H,27,28). The molecular weight excluding hydrogens is 381 g/mol. The number of aromatic amines is 1. The number of nitrogens with two attached hydrogens (primary N) is 1. The number of Topliss-reactive ketones (excluding diaryl/α,β-unsaturated/α-hetero) is 1. The molecule has 3 N–H and O–H groups in total. The van der Waals surface area contributed by atoms with Gasteiger partial charge >= 0.3 is 0 Å². The maximum atomic E-state index is 13.5. The number of rotatable bonds is 4. The van der Waals surface area contributed by atoms with Crippen LogP contribution in [0.25, 0.3) is 22.8 Å². The molecule has 1 fully saturated rings. The predicted molar refractivity (Wildman–Crippen MR) is 112 cm³/mol. The van der Waals surface area contributed by atoms with Crippen LogP contribution in [-0.4, -0.2) is 25.5 Å². The second kappa shape index (κ2) is 6.13. The zero-order chi connectivity index (χ0) is 20.4. The SMILES string of the molecule is Nc1c(C(=O)C2=Cc3cc(F)ccc3C2)cnn1-c1ccc2nc(C3CC3)[nH]c2c1. The van der Waals surface area contributed by atoms with Crippen molar-refractivity contribution in [1.82, 2.24) is 19.7 Å². The molecule has 7 heteroatoms. The van der Waals surface area contributed by atoms with Gasteiger partial charge in [-0.2, -0.15) is 5.10 Å². The monoisotopic (exact) mass is 399 g/mol. The van der Waals surface area contributed by atoms with Crippen LogP contribution >= 0.6 is 0 Å². The van der Waals surface area contributed by atoms with Crippen molar-refractivity contribution in [2.45, 2.75) is 25.2 Å². The number of H-pyrrole nitrogens is 1. The summed E-state index contributed by atoms with van der Waals surface area (Å²) >= 11 is 0. The summed E-state index contributed by atoms with van der Waals surface area (Å²) in [5.41, 5.74) is 11.5. The molecule has 0 saturated heterocycles. The molecule has 6 nitrogen and oxygen atoms in total. The van der Waals surface area contributed by atoms with Crippen molar-refractivity contribution >= 4 is 28.7 Å². The van der Waals surface area contributed by atoms with E-state index in [4.69, 9.17) is 5.73 Å². The molecule has 0 bridgehead atoms. The van der Waals surface area contributed by atoms with Gasteiger partial charge in [-0.05, 0) is 60.4 Å². The third-order valence-electron chi connectivity index (χ3n) is 5.85. The minimum atomic E-state index is -0.315. The lowest BCUT2D eigenvalue weighted by Crippen LogP contribution is -2.08. The number of benzene rings is 2. The average molecular weight is 399 g/mol. The van der Waals surface area contributed by atoms with Gasteiger partial charge in [-0.25, -0.2) is 14.1 Å². The van der Waals surface area contributed by atoms with Gasteiger partial charge in [0.1, 0.15) is 17.5 Å². The smallest absolute Gasteiger partial charge is 0.194 e. The first-order chi connectivity index (χ1) is 14.6. The number of halogens is 1. The van der Waals surface area contributed by atoms with Crippen molar-refractivity contribution in [2.75, 3.05) is 5.73 Å². The number of imidazole rings is 1. The number of carbonyl (C=O) groups is 1. The molecule has 6 rings (SSSR count). The minimum absolute atomic E-state index is 0.186. The third kappa shape index (κ3) is 2.66. The number of fused-ring (bicyclic) bond motifs is 2. The van der Waals surface area contributed by atoms with E-state index in [0.717, 1.165) is 33.7 Å². The second-order valence-corrected chi connectivity index (χ2v) is 7.97. The highest BCUT2D eigenvalue weighted by Gasteiger charge is 2.27. The number of nitrogens with one attached hydrogen (secondary N) is 1. The van der Waals surface area contributed by atoms with Crippen LogP contribution < -0.4 is 5.73 Å². The fourth-order valence-electron chi connectivity index (χ4n) is 4.06. The largest absolute Gasteiger partial charge is 0.383 e. The van der Waals surface area contributed by atoms with E-state index < -0.39 is 0 Å². The van der Waals surface area contributed by atoms with Gasteiger partial charge in [0.15, 0.2) is 5.78 Å². The molecule has 2 aromatic heterocycles. The van der Waals surface area contributed by atoms with Gasteiger partial charge in [0.2, 0.25) is 0 Å². The molecule has 148 valence electrons. The van der Waals surface area contributed by atoms with Gasteiger partial charge < -0.3 is 10.7 Å². The van der Waals surface area contributed by atoms with Crippen molar-refractivity contribution in [3.05, 3.63) is 76.5 Å². The molecule has 0 aliphatic heterocycles. The van der Waals surface area contributed by atoms with Crippen LogP contribution in [-0.2, 0) is 6.42 Å². The Balaban J connectivity index is 1.33. The maximum Gasteiger partial charge on any atom is 0.194 e. The zero-order valence-corrected chi connectivity index (χ0v) is 16.0. The number of anilines is 1. The molecule has 2 aliphatic rings. The Bertz CT molecular complexity index is 1380. The molecule has 0 unspecified atom stereocenters. The molecule has 2 aliphatic carbocycles. The Hall–Kier alpha value is -3.74. The van der Waals surface area contributed by atoms with Crippen molar-refractivity contribution in [2.24, 2.45) is 0 Å². The van der Waals surface area contributed by atoms with E-state index in [1.165, 1.54) is 31.2 Å². The van der Waals surface area contributed by atoms with Gasteiger partial charge in [0.05, 0.1) is 28.5 Å². The van der Waals surface area contributed by atoms with Crippen molar-refractivity contribution in [1.29, 1.82) is 0 Å². The van der Waals surface area contributed by atoms with Gasteiger partial charge in [-0.15, -0.1) is 0 Å². The molecular formula is C23H18FN5O. The molecule has 4 aromatic rings. The van der Waals surface area contributed by atoms with Crippen LogP contribution in [0.2, 0.25) is 0 Å². The number of nitrogen functional groups attached to an aromatic ring is 1. The van der Waals surface area contributed by atoms with Crippen molar-refractivity contribution in [3.8, 4) is 5.69 Å². The number of hydrogen-bond acceptors (Lipinski definition) is 4. The molecule has 0 amide bonds. The van der Waals surface area contributed by atoms with Gasteiger partial charge in [0, 0.05) is 17.9 Å². The van der Waals surface area contributed by atoms with Crippen LogP contribution in [0.4, 0.5) is 10.2 Å². The van der Waals surface area contributed by atoms with Gasteiger partial charge in [-0.1, -0.05) is 6.07 Å². The summed E-state index contributed by atoms with van der Waals surface area (Å²) in [7, 11) is 0. The molecule has 2 heterocycles. The Labute approximate surface area is 171 Å². The molecule has 0 spiro atoms. The fourth-order valence-corrected chi connectivity index (χ4v) is 4.06. The predicted octanol–water partition coefficient (Wildman–Crippen LogP) is 4.17. The van der Waals surface area contributed by atoms with E-state index in [9.17, 15) is 9.18 Å². The second-order valence-electron chi connectivity index (χ2n) is 7.97. The zero-order valence-electron chi connectivity index (χ0n) is 16.0. The summed E-state index contributed by atoms with van der Waals surface area (Å²) < 4.78 is 15.0. The number of nitrogens with zero attached hydrogens (tertiary/aromatic N) is 3. The summed E-state index contributed by atoms with van der Waals surface area (Å²) in [6, 6.07) is 10.3. The molecule has 30 heavy (non-hydrogen) atoms. The quantitative estimate of drug-likeness (QED) is 0.504. The highest BCUT2D eigenvalue weighted by molar-refractivity contribution is 6.15. The third-order valence-corrected chi connectivity index (χ3v) is 5.85. The van der Waals surface area contributed by atoms with Gasteiger partial charge in [0.25, 0.3) is 0 Å².